The lowest BCUT2D eigenvalue weighted by Gasteiger charge is -2.32. The molecule has 10 N–H and O–H groups in total. The summed E-state index contributed by atoms with van der Waals surface area (Å²) in [5.74, 6) is 2.01. The van der Waals surface area contributed by atoms with Crippen molar-refractivity contribution in [3.8, 4) is 0 Å². The normalized spacial score (nSPS) is 25.6. The van der Waals surface area contributed by atoms with E-state index >= 15 is 0 Å². The van der Waals surface area contributed by atoms with Crippen LogP contribution in [0.3, 0.4) is 0 Å². The molecule has 0 aliphatic heterocycles. The first kappa shape index (κ1) is 52.3. The molecule has 408 valence electrons. The Morgan fingerprint density at radius 1 is 0.553 bits per heavy atom. The summed E-state index contributed by atoms with van der Waals surface area (Å²) >= 11 is 0. The van der Waals surface area contributed by atoms with Gasteiger partial charge in [-0.05, 0) is 77.0 Å². The van der Waals surface area contributed by atoms with Crippen molar-refractivity contribution in [1.29, 1.82) is 0 Å². The number of aliphatic hydroxyl groups excluding tert-OH is 2. The molecule has 6 atom stereocenters. The number of nitrogens with zero attached hydrogens (tertiary/aromatic N) is 12. The van der Waals surface area contributed by atoms with Gasteiger partial charge in [0.15, 0.2) is 34.0 Å². The van der Waals surface area contributed by atoms with Gasteiger partial charge in [-0.25, -0.2) is 24.7 Å². The summed E-state index contributed by atoms with van der Waals surface area (Å²) in [6, 6.07) is -0.835. The minimum atomic E-state index is -1.15. The van der Waals surface area contributed by atoms with Crippen LogP contribution in [-0.2, 0) is 36.5 Å². The zero-order valence-corrected chi connectivity index (χ0v) is 44.0. The van der Waals surface area contributed by atoms with E-state index in [0.29, 0.717) is 72.6 Å². The summed E-state index contributed by atoms with van der Waals surface area (Å²) in [6.45, 7) is 4.76. The second-order valence-electron chi connectivity index (χ2n) is 21.3. The van der Waals surface area contributed by atoms with Gasteiger partial charge in [-0.3, -0.25) is 9.59 Å². The number of fused-ring (bicyclic) bond motifs is 2. The molecule has 4 aliphatic carbocycles. The number of hydrogen-bond donors (Lipinski definition) is 10. The maximum atomic E-state index is 13.5. The van der Waals surface area contributed by atoms with Crippen molar-refractivity contribution < 1.29 is 24.6 Å². The number of rotatable bonds is 20. The van der Waals surface area contributed by atoms with E-state index < -0.39 is 24.3 Å². The summed E-state index contributed by atoms with van der Waals surface area (Å²) in [4.78, 5) is 76.0. The molecule has 25 heteroatoms. The average Bonchev–Trinajstić information content (AvgIpc) is 4.35. The number of aliphatic hydroxyl groups is 2. The number of anilines is 4. The number of carbonyl (C=O) groups excluding carboxylic acids is 3. The summed E-state index contributed by atoms with van der Waals surface area (Å²) in [5, 5.41) is 48.8. The highest BCUT2D eigenvalue weighted by Crippen LogP contribution is 2.37. The fourth-order valence-electron chi connectivity index (χ4n) is 11.5. The number of hydrogen-bond acceptors (Lipinski definition) is 17. The first-order valence-corrected chi connectivity index (χ1v) is 27.3. The quantitative estimate of drug-likeness (QED) is 0.0524. The molecule has 0 radical (unpaired) electrons. The van der Waals surface area contributed by atoms with Crippen LogP contribution in [0.25, 0.3) is 22.3 Å². The van der Waals surface area contributed by atoms with Crippen LogP contribution in [0.4, 0.5) is 28.3 Å². The van der Waals surface area contributed by atoms with Gasteiger partial charge in [0, 0.05) is 102 Å². The minimum absolute atomic E-state index is 0.0119. The molecule has 4 saturated carbocycles. The summed E-state index contributed by atoms with van der Waals surface area (Å²) in [6.07, 6.45) is 20.2. The van der Waals surface area contributed by atoms with Crippen molar-refractivity contribution in [2.24, 2.45) is 14.1 Å². The first-order chi connectivity index (χ1) is 36.9. The molecule has 4 aliphatic rings. The summed E-state index contributed by atoms with van der Waals surface area (Å²) < 4.78 is 7.76. The zero-order chi connectivity index (χ0) is 52.9. The van der Waals surface area contributed by atoms with Crippen molar-refractivity contribution in [1.82, 2.24) is 79.4 Å². The van der Waals surface area contributed by atoms with Crippen molar-refractivity contribution in [3.05, 3.63) is 49.1 Å². The van der Waals surface area contributed by atoms with Crippen LogP contribution >= 0.6 is 0 Å². The number of carbonyl (C=O) groups is 3. The van der Waals surface area contributed by atoms with Crippen LogP contribution in [-0.4, -0.2) is 148 Å². The fraction of sp³-hybridized carbons (Fsp3) is 0.627. The Labute approximate surface area is 441 Å². The number of aryl methyl sites for hydroxylation is 2. The number of amides is 4. The monoisotopic (exact) mass is 1050 g/mol. The van der Waals surface area contributed by atoms with E-state index in [0.717, 1.165) is 94.1 Å². The molecule has 76 heavy (non-hydrogen) atoms. The van der Waals surface area contributed by atoms with Crippen LogP contribution in [0.1, 0.15) is 127 Å². The van der Waals surface area contributed by atoms with Gasteiger partial charge in [0.05, 0.1) is 48.8 Å². The van der Waals surface area contributed by atoms with Crippen LogP contribution in [0.2, 0.25) is 0 Å². The minimum Gasteiger partial charge on any atom is -0.388 e. The summed E-state index contributed by atoms with van der Waals surface area (Å²) in [7, 11) is 3.89. The average molecular weight is 1050 g/mol. The molecule has 0 unspecified atom stereocenters. The second-order valence-corrected chi connectivity index (χ2v) is 21.3. The molecule has 6 heterocycles. The van der Waals surface area contributed by atoms with Crippen LogP contribution < -0.4 is 42.5 Å². The Morgan fingerprint density at radius 2 is 1.04 bits per heavy atom. The first-order valence-electron chi connectivity index (χ1n) is 27.3. The molecule has 4 fully saturated rings. The van der Waals surface area contributed by atoms with E-state index in [9.17, 15) is 24.6 Å². The molecule has 0 spiro atoms. The van der Waals surface area contributed by atoms with Crippen molar-refractivity contribution in [3.63, 3.8) is 0 Å². The molecule has 4 amide bonds. The molecule has 0 saturated heterocycles. The van der Waals surface area contributed by atoms with Crippen LogP contribution in [0.5, 0.6) is 0 Å². The number of urea groups is 1. The highest BCUT2D eigenvalue weighted by atomic mass is 16.3. The van der Waals surface area contributed by atoms with Gasteiger partial charge < -0.3 is 71.0 Å². The van der Waals surface area contributed by atoms with E-state index in [1.54, 1.807) is 30.5 Å². The smallest absolute Gasteiger partial charge is 0.315 e. The van der Waals surface area contributed by atoms with Gasteiger partial charge in [-0.2, -0.15) is 19.9 Å². The third-order valence-corrected chi connectivity index (χ3v) is 15.7. The van der Waals surface area contributed by atoms with E-state index in [4.69, 9.17) is 29.9 Å². The zero-order valence-electron chi connectivity index (χ0n) is 44.0. The van der Waals surface area contributed by atoms with E-state index in [1.165, 1.54) is 0 Å². The van der Waals surface area contributed by atoms with Gasteiger partial charge in [0.2, 0.25) is 23.7 Å². The van der Waals surface area contributed by atoms with Crippen molar-refractivity contribution in [2.45, 2.75) is 177 Å². The number of imidazole rings is 4. The third-order valence-electron chi connectivity index (χ3n) is 15.7. The molecule has 6 aromatic rings. The van der Waals surface area contributed by atoms with Gasteiger partial charge in [-0.15, -0.1) is 0 Å². The van der Waals surface area contributed by atoms with Gasteiger partial charge >= 0.3 is 6.03 Å². The van der Waals surface area contributed by atoms with Gasteiger partial charge in [0.25, 0.3) is 0 Å². The Kier molecular flexibility index (Phi) is 16.1. The van der Waals surface area contributed by atoms with Crippen LogP contribution in [0.15, 0.2) is 37.7 Å². The van der Waals surface area contributed by atoms with Crippen molar-refractivity contribution >= 4 is 63.7 Å². The molecular weight excluding hydrogens is 973 g/mol. The summed E-state index contributed by atoms with van der Waals surface area (Å²) in [5.41, 5.74) is 4.41. The maximum Gasteiger partial charge on any atom is 0.315 e. The molecular formula is C51H74N20O5. The van der Waals surface area contributed by atoms with Gasteiger partial charge in [0.1, 0.15) is 12.2 Å². The topological polar surface area (TPSA) is 311 Å². The number of aromatic nitrogens is 12. The SMILES string of the molecule is CCC(=O)N[C@@H]1CC[C@H](n2cnc3c(NC4CCC(NC(=O)NC5CCC(Nc6nc(NCCc7cn(C)cn7)nc7c6ncn7[C@@H]6C[C@H](NC(=O)CC)[C@@H](O)[C@H]6O)CC5)CC4)nc(NCCc4cn(C)cn4)nc32)C1. The molecule has 6 aromatic heterocycles. The van der Waals surface area contributed by atoms with E-state index in [-0.39, 0.29) is 60.5 Å². The highest BCUT2D eigenvalue weighted by Gasteiger charge is 2.44. The third kappa shape index (κ3) is 12.2. The Bertz CT molecular complexity index is 2950. The fourth-order valence-corrected chi connectivity index (χ4v) is 11.5. The van der Waals surface area contributed by atoms with Crippen molar-refractivity contribution in [2.75, 3.05) is 34.4 Å². The van der Waals surface area contributed by atoms with Gasteiger partial charge in [-0.1, -0.05) is 13.8 Å². The maximum absolute atomic E-state index is 13.5. The van der Waals surface area contributed by atoms with E-state index in [2.05, 4.69) is 57.1 Å². The molecule has 25 nitrogen and oxygen atoms in total. The lowest BCUT2D eigenvalue weighted by atomic mass is 9.90. The Morgan fingerprint density at radius 3 is 1.55 bits per heavy atom. The largest absolute Gasteiger partial charge is 0.388 e. The molecule has 0 aromatic carbocycles. The number of nitrogens with one attached hydrogen (secondary N) is 8. The lowest BCUT2D eigenvalue weighted by Crippen LogP contribution is -2.49. The lowest BCUT2D eigenvalue weighted by molar-refractivity contribution is -0.122. The second kappa shape index (κ2) is 23.4. The Balaban J connectivity index is 0.731. The molecule has 10 rings (SSSR count). The van der Waals surface area contributed by atoms with Crippen LogP contribution in [0, 0.1) is 0 Å². The standard InChI is InChI=1S/C51H74N20O5/c1-5-39(72)58-33-15-16-36(21-33)70-27-56-41-45(64-49(66-47(41)70)52-19-17-34-23-68(3)25-54-34)59-29-7-11-31(12-8-29)61-51(76)62-32-13-9-30(10-14-32)60-46-42-48(67-50(65-46)53-20-18-35-24-69(4)26-55-35)71(28-57-42)38-22-37(43(74)44(38)75)63-40(73)6-2/h23-33,36-38,43-44,74-75H,5-22H2,1-4H3,(H,58,72)(H,63,73)(H2,61,62,76)(H2,52,59,64,66)(H2,53,60,65,67)/t29?,30?,31?,32?,33-,36+,37+,38-,43-,44+/m1/s1. The van der Waals surface area contributed by atoms with E-state index in [1.807, 2.05) is 48.9 Å². The predicted octanol–water partition coefficient (Wildman–Crippen LogP) is 3.37. The highest BCUT2D eigenvalue weighted by molar-refractivity contribution is 5.86. The Hall–Kier alpha value is -7.15. The predicted molar refractivity (Wildman–Crippen MR) is 285 cm³/mol. The molecule has 0 bridgehead atoms.